The van der Waals surface area contributed by atoms with E-state index in [1.807, 2.05) is 36.1 Å². The predicted octanol–water partition coefficient (Wildman–Crippen LogP) is 3.82. The molecule has 0 saturated carbocycles. The van der Waals surface area contributed by atoms with Gasteiger partial charge in [0.05, 0.1) is 25.6 Å². The molecular weight excluding hydrogens is 400 g/mol. The molecule has 1 saturated heterocycles. The molecule has 0 spiro atoms. The van der Waals surface area contributed by atoms with Gasteiger partial charge in [-0.1, -0.05) is 6.07 Å². The minimum atomic E-state index is -0.180. The summed E-state index contributed by atoms with van der Waals surface area (Å²) in [5.74, 6) is 1.25. The quantitative estimate of drug-likeness (QED) is 0.691. The molecule has 1 fully saturated rings. The molecule has 0 radical (unpaired) electrons. The number of benzene rings is 1. The summed E-state index contributed by atoms with van der Waals surface area (Å²) in [4.78, 5) is 28.8. The van der Waals surface area contributed by atoms with Crippen LogP contribution in [0.3, 0.4) is 0 Å². The molecule has 1 atom stereocenters. The monoisotopic (exact) mass is 430 g/mol. The number of carbonyl (C=O) groups is 2. The molecule has 1 aliphatic heterocycles. The van der Waals surface area contributed by atoms with Gasteiger partial charge in [0.1, 0.15) is 0 Å². The Kier molecular flexibility index (Phi) is 7.74. The number of nitrogens with zero attached hydrogens (tertiary/aromatic N) is 1. The lowest BCUT2D eigenvalue weighted by Crippen LogP contribution is -2.48. The van der Waals surface area contributed by atoms with Crippen molar-refractivity contribution in [3.63, 3.8) is 0 Å². The third kappa shape index (κ3) is 5.53. The lowest BCUT2D eigenvalue weighted by molar-refractivity contribution is -0.133. The van der Waals surface area contributed by atoms with Crippen molar-refractivity contribution in [1.82, 2.24) is 10.2 Å². The topological polar surface area (TPSA) is 67.9 Å². The average molecular weight is 431 g/mol. The standard InChI is InChI=1S/C23H30N2O4S/c1-16-7-12-21(30-16)23(27)24-15-22(26)25-13-5-4-6-18(25)10-8-17-9-11-19(28-2)20(14-17)29-3/h7,9,11-12,14,18H,4-6,8,10,13,15H2,1-3H3,(H,24,27). The van der Waals surface area contributed by atoms with Gasteiger partial charge in [-0.3, -0.25) is 9.59 Å². The molecule has 2 amide bonds. The van der Waals surface area contributed by atoms with Crippen LogP contribution in [-0.2, 0) is 11.2 Å². The maximum absolute atomic E-state index is 12.8. The van der Waals surface area contributed by atoms with Gasteiger partial charge in [0.15, 0.2) is 11.5 Å². The summed E-state index contributed by atoms with van der Waals surface area (Å²) in [7, 11) is 3.26. The first kappa shape index (κ1) is 22.2. The van der Waals surface area contributed by atoms with E-state index in [0.29, 0.717) is 10.6 Å². The largest absolute Gasteiger partial charge is 0.493 e. The molecule has 1 N–H and O–H groups in total. The van der Waals surface area contributed by atoms with Crippen LogP contribution >= 0.6 is 11.3 Å². The smallest absolute Gasteiger partial charge is 0.261 e. The fourth-order valence-electron chi connectivity index (χ4n) is 3.90. The summed E-state index contributed by atoms with van der Waals surface area (Å²) in [6.45, 7) is 2.76. The molecule has 2 heterocycles. The Hall–Kier alpha value is -2.54. The molecule has 1 aromatic heterocycles. The Bertz CT molecular complexity index is 880. The number of rotatable bonds is 8. The van der Waals surface area contributed by atoms with E-state index in [2.05, 4.69) is 5.32 Å². The van der Waals surface area contributed by atoms with Crippen LogP contribution in [0.5, 0.6) is 11.5 Å². The number of piperidine rings is 1. The number of thiophene rings is 1. The first-order chi connectivity index (χ1) is 14.5. The molecule has 1 unspecified atom stereocenters. The molecule has 1 aromatic carbocycles. The highest BCUT2D eigenvalue weighted by Crippen LogP contribution is 2.29. The number of nitrogens with one attached hydrogen (secondary N) is 1. The Morgan fingerprint density at radius 1 is 1.13 bits per heavy atom. The van der Waals surface area contributed by atoms with Gasteiger partial charge in [0.2, 0.25) is 5.91 Å². The third-order valence-electron chi connectivity index (χ3n) is 5.53. The number of aryl methyl sites for hydroxylation is 2. The van der Waals surface area contributed by atoms with Crippen LogP contribution in [-0.4, -0.2) is 50.1 Å². The average Bonchev–Trinajstić information content (AvgIpc) is 3.22. The van der Waals surface area contributed by atoms with E-state index in [-0.39, 0.29) is 24.4 Å². The number of carbonyl (C=O) groups excluding carboxylic acids is 2. The van der Waals surface area contributed by atoms with Crippen LogP contribution in [0.2, 0.25) is 0 Å². The molecule has 30 heavy (non-hydrogen) atoms. The van der Waals surface area contributed by atoms with Gasteiger partial charge in [-0.15, -0.1) is 11.3 Å². The van der Waals surface area contributed by atoms with E-state index >= 15 is 0 Å². The van der Waals surface area contributed by atoms with Crippen molar-refractivity contribution in [3.8, 4) is 11.5 Å². The summed E-state index contributed by atoms with van der Waals surface area (Å²) in [6, 6.07) is 9.86. The summed E-state index contributed by atoms with van der Waals surface area (Å²) in [6.07, 6.45) is 4.88. The molecule has 0 bridgehead atoms. The Labute approximate surface area is 182 Å². The second kappa shape index (κ2) is 10.5. The van der Waals surface area contributed by atoms with Gasteiger partial charge >= 0.3 is 0 Å². The van der Waals surface area contributed by atoms with Gasteiger partial charge in [-0.2, -0.15) is 0 Å². The maximum atomic E-state index is 12.8. The van der Waals surface area contributed by atoms with Crippen molar-refractivity contribution in [2.24, 2.45) is 0 Å². The fourth-order valence-corrected chi connectivity index (χ4v) is 4.68. The zero-order chi connectivity index (χ0) is 21.5. The first-order valence-electron chi connectivity index (χ1n) is 10.4. The molecule has 1 aliphatic rings. The van der Waals surface area contributed by atoms with Crippen molar-refractivity contribution in [1.29, 1.82) is 0 Å². The van der Waals surface area contributed by atoms with Crippen LogP contribution in [0.1, 0.15) is 45.8 Å². The number of hydrogen-bond acceptors (Lipinski definition) is 5. The number of amides is 2. The molecule has 162 valence electrons. The van der Waals surface area contributed by atoms with Crippen LogP contribution in [0.4, 0.5) is 0 Å². The van der Waals surface area contributed by atoms with E-state index in [0.717, 1.165) is 54.8 Å². The summed E-state index contributed by atoms with van der Waals surface area (Å²) >= 11 is 1.44. The highest BCUT2D eigenvalue weighted by Gasteiger charge is 2.26. The van der Waals surface area contributed by atoms with E-state index in [4.69, 9.17) is 9.47 Å². The zero-order valence-electron chi connectivity index (χ0n) is 17.9. The molecule has 3 rings (SSSR count). The van der Waals surface area contributed by atoms with E-state index in [1.54, 1.807) is 20.3 Å². The lowest BCUT2D eigenvalue weighted by Gasteiger charge is -2.36. The van der Waals surface area contributed by atoms with E-state index < -0.39 is 0 Å². The summed E-state index contributed by atoms with van der Waals surface area (Å²) in [5, 5.41) is 2.78. The highest BCUT2D eigenvalue weighted by molar-refractivity contribution is 7.13. The molecule has 6 nitrogen and oxygen atoms in total. The zero-order valence-corrected chi connectivity index (χ0v) is 18.7. The van der Waals surface area contributed by atoms with Gasteiger partial charge in [-0.05, 0) is 68.9 Å². The van der Waals surface area contributed by atoms with Crippen LogP contribution in [0.15, 0.2) is 30.3 Å². The molecule has 2 aromatic rings. The van der Waals surface area contributed by atoms with Gasteiger partial charge in [-0.25, -0.2) is 0 Å². The molecule has 0 aliphatic carbocycles. The van der Waals surface area contributed by atoms with Gasteiger partial charge < -0.3 is 19.7 Å². The number of methoxy groups -OCH3 is 2. The Morgan fingerprint density at radius 3 is 2.63 bits per heavy atom. The van der Waals surface area contributed by atoms with E-state index in [9.17, 15) is 9.59 Å². The second-order valence-corrected chi connectivity index (χ2v) is 8.85. The molecular formula is C23H30N2O4S. The van der Waals surface area contributed by atoms with Crippen molar-refractivity contribution in [2.75, 3.05) is 27.3 Å². The van der Waals surface area contributed by atoms with Crippen LogP contribution in [0, 0.1) is 6.92 Å². The highest BCUT2D eigenvalue weighted by atomic mass is 32.1. The minimum absolute atomic E-state index is 0.00589. The minimum Gasteiger partial charge on any atom is -0.493 e. The van der Waals surface area contributed by atoms with Crippen molar-refractivity contribution in [2.45, 2.75) is 45.1 Å². The number of ether oxygens (including phenoxy) is 2. The normalized spacial score (nSPS) is 16.2. The van der Waals surface area contributed by atoms with Crippen LogP contribution in [0.25, 0.3) is 0 Å². The lowest BCUT2D eigenvalue weighted by atomic mass is 9.95. The van der Waals surface area contributed by atoms with Gasteiger partial charge in [0.25, 0.3) is 5.91 Å². The van der Waals surface area contributed by atoms with Crippen molar-refractivity contribution in [3.05, 3.63) is 45.6 Å². The molecule has 7 heteroatoms. The van der Waals surface area contributed by atoms with Gasteiger partial charge in [0, 0.05) is 17.5 Å². The third-order valence-corrected chi connectivity index (χ3v) is 6.53. The first-order valence-corrected chi connectivity index (χ1v) is 11.2. The Balaban J connectivity index is 1.56. The Morgan fingerprint density at radius 2 is 1.93 bits per heavy atom. The summed E-state index contributed by atoms with van der Waals surface area (Å²) < 4.78 is 10.7. The number of hydrogen-bond donors (Lipinski definition) is 1. The second-order valence-electron chi connectivity index (χ2n) is 7.56. The number of likely N-dealkylation sites (tertiary alicyclic amines) is 1. The van der Waals surface area contributed by atoms with Crippen molar-refractivity contribution < 1.29 is 19.1 Å². The van der Waals surface area contributed by atoms with E-state index in [1.165, 1.54) is 11.3 Å². The fraction of sp³-hybridized carbons (Fsp3) is 0.478. The maximum Gasteiger partial charge on any atom is 0.261 e. The SMILES string of the molecule is COc1ccc(CCC2CCCCN2C(=O)CNC(=O)c2ccc(C)s2)cc1OC. The summed E-state index contributed by atoms with van der Waals surface area (Å²) in [5.41, 5.74) is 1.16. The van der Waals surface area contributed by atoms with Crippen LogP contribution < -0.4 is 14.8 Å². The predicted molar refractivity (Wildman–Crippen MR) is 119 cm³/mol. The van der Waals surface area contributed by atoms with Crippen molar-refractivity contribution >= 4 is 23.2 Å².